The Morgan fingerprint density at radius 1 is 1.50 bits per heavy atom. The summed E-state index contributed by atoms with van der Waals surface area (Å²) in [6.45, 7) is 0.524. The van der Waals surface area contributed by atoms with Crippen LogP contribution >= 0.6 is 0 Å². The number of aliphatic hydroxyl groups excluding tert-OH is 1. The summed E-state index contributed by atoms with van der Waals surface area (Å²) >= 11 is 0. The van der Waals surface area contributed by atoms with E-state index in [1.807, 2.05) is 24.3 Å². The van der Waals surface area contributed by atoms with Crippen LogP contribution in [0.2, 0.25) is 0 Å². The van der Waals surface area contributed by atoms with Crippen molar-refractivity contribution in [2.24, 2.45) is 5.92 Å². The molecule has 2 atom stereocenters. The Balaban J connectivity index is 2.00. The minimum absolute atomic E-state index is 0.0884. The molecule has 1 aromatic rings. The Morgan fingerprint density at radius 3 is 3.00 bits per heavy atom. The molecule has 0 heterocycles. The molecule has 1 fully saturated rings. The van der Waals surface area contributed by atoms with Gasteiger partial charge in [0.1, 0.15) is 0 Å². The van der Waals surface area contributed by atoms with E-state index < -0.39 is 6.10 Å². The third-order valence-electron chi connectivity index (χ3n) is 3.32. The molecule has 1 amide bonds. The van der Waals surface area contributed by atoms with Crippen LogP contribution in [0, 0.1) is 5.92 Å². The van der Waals surface area contributed by atoms with Gasteiger partial charge in [-0.25, -0.2) is 0 Å². The van der Waals surface area contributed by atoms with Crippen LogP contribution in [0.15, 0.2) is 24.3 Å². The second-order valence-electron chi connectivity index (χ2n) is 4.73. The highest BCUT2D eigenvalue weighted by Gasteiger charge is 2.31. The number of ether oxygens (including phenoxy) is 1. The van der Waals surface area contributed by atoms with Crippen molar-refractivity contribution in [2.75, 3.05) is 12.4 Å². The van der Waals surface area contributed by atoms with Gasteiger partial charge in [-0.3, -0.25) is 4.79 Å². The predicted octanol–water partition coefficient (Wildman–Crippen LogP) is 1.93. The topological polar surface area (TPSA) is 58.6 Å². The number of anilines is 1. The molecule has 1 aliphatic carbocycles. The predicted molar refractivity (Wildman–Crippen MR) is 69.1 cm³/mol. The fraction of sp³-hybridized carbons (Fsp3) is 0.500. The first-order valence-corrected chi connectivity index (χ1v) is 6.27. The second-order valence-corrected chi connectivity index (χ2v) is 4.73. The lowest BCUT2D eigenvalue weighted by molar-refractivity contribution is -0.122. The number of aliphatic hydroxyl groups is 1. The lowest BCUT2D eigenvalue weighted by Crippen LogP contribution is -2.28. The summed E-state index contributed by atoms with van der Waals surface area (Å²) in [5.41, 5.74) is 1.77. The molecular weight excluding hydrogens is 230 g/mol. The van der Waals surface area contributed by atoms with Gasteiger partial charge in [0.05, 0.1) is 18.6 Å². The number of methoxy groups -OCH3 is 1. The molecule has 4 nitrogen and oxygen atoms in total. The number of carbonyl (C=O) groups excluding carboxylic acids is 1. The van der Waals surface area contributed by atoms with Crippen molar-refractivity contribution in [3.05, 3.63) is 29.8 Å². The molecule has 1 aliphatic rings. The van der Waals surface area contributed by atoms with Gasteiger partial charge in [-0.2, -0.15) is 0 Å². The van der Waals surface area contributed by atoms with Crippen molar-refractivity contribution in [1.29, 1.82) is 0 Å². The van der Waals surface area contributed by atoms with E-state index >= 15 is 0 Å². The zero-order valence-electron chi connectivity index (χ0n) is 10.6. The first-order valence-electron chi connectivity index (χ1n) is 6.27. The van der Waals surface area contributed by atoms with Gasteiger partial charge in [0, 0.05) is 12.8 Å². The highest BCUT2D eigenvalue weighted by molar-refractivity contribution is 5.93. The van der Waals surface area contributed by atoms with Crippen molar-refractivity contribution in [3.8, 4) is 0 Å². The summed E-state index contributed by atoms with van der Waals surface area (Å²) < 4.78 is 5.05. The monoisotopic (exact) mass is 249 g/mol. The van der Waals surface area contributed by atoms with Crippen molar-refractivity contribution >= 4 is 11.6 Å². The Bertz CT molecular complexity index is 419. The molecule has 4 heteroatoms. The molecule has 2 unspecified atom stereocenters. The van der Waals surface area contributed by atoms with E-state index in [0.29, 0.717) is 6.61 Å². The molecule has 1 saturated carbocycles. The first-order chi connectivity index (χ1) is 8.70. The van der Waals surface area contributed by atoms with Crippen molar-refractivity contribution in [1.82, 2.24) is 0 Å². The SMILES string of the molecule is COCc1cccc(NC(=O)C2CCCC2O)c1. The summed E-state index contributed by atoms with van der Waals surface area (Å²) in [5.74, 6) is -0.356. The maximum absolute atomic E-state index is 12.0. The zero-order chi connectivity index (χ0) is 13.0. The molecule has 0 spiro atoms. The Kier molecular flexibility index (Phi) is 4.33. The zero-order valence-corrected chi connectivity index (χ0v) is 10.6. The van der Waals surface area contributed by atoms with E-state index in [9.17, 15) is 9.90 Å². The summed E-state index contributed by atoms with van der Waals surface area (Å²) in [5, 5.41) is 12.6. The fourth-order valence-electron chi connectivity index (χ4n) is 2.39. The Labute approximate surface area is 107 Å². The number of rotatable bonds is 4. The minimum atomic E-state index is -0.493. The van der Waals surface area contributed by atoms with Gasteiger partial charge in [-0.1, -0.05) is 12.1 Å². The van der Waals surface area contributed by atoms with Crippen molar-refractivity contribution in [2.45, 2.75) is 32.0 Å². The number of carbonyl (C=O) groups is 1. The van der Waals surface area contributed by atoms with Gasteiger partial charge in [-0.15, -0.1) is 0 Å². The van der Waals surface area contributed by atoms with E-state index in [2.05, 4.69) is 5.32 Å². The van der Waals surface area contributed by atoms with E-state index in [4.69, 9.17) is 4.74 Å². The summed E-state index contributed by atoms with van der Waals surface area (Å²) in [7, 11) is 1.64. The number of amides is 1. The lowest BCUT2D eigenvalue weighted by Gasteiger charge is -2.14. The normalized spacial score (nSPS) is 23.0. The van der Waals surface area contributed by atoms with Gasteiger partial charge < -0.3 is 15.2 Å². The summed E-state index contributed by atoms with van der Waals surface area (Å²) in [4.78, 5) is 12.0. The number of hydrogen-bond acceptors (Lipinski definition) is 3. The van der Waals surface area contributed by atoms with E-state index in [1.54, 1.807) is 7.11 Å². The number of nitrogens with one attached hydrogen (secondary N) is 1. The highest BCUT2D eigenvalue weighted by atomic mass is 16.5. The average molecular weight is 249 g/mol. The Hall–Kier alpha value is -1.39. The quantitative estimate of drug-likeness (QED) is 0.857. The minimum Gasteiger partial charge on any atom is -0.392 e. The van der Waals surface area contributed by atoms with Gasteiger partial charge >= 0.3 is 0 Å². The molecule has 2 N–H and O–H groups in total. The molecule has 1 aromatic carbocycles. The molecule has 0 aliphatic heterocycles. The van der Waals surface area contributed by atoms with Crippen LogP contribution in [0.4, 0.5) is 5.69 Å². The number of benzene rings is 1. The highest BCUT2D eigenvalue weighted by Crippen LogP contribution is 2.26. The van der Waals surface area contributed by atoms with Crippen LogP contribution in [0.3, 0.4) is 0 Å². The molecule has 0 aromatic heterocycles. The maximum Gasteiger partial charge on any atom is 0.230 e. The van der Waals surface area contributed by atoms with E-state index in [0.717, 1.165) is 30.5 Å². The van der Waals surface area contributed by atoms with Gasteiger partial charge in [0.15, 0.2) is 0 Å². The van der Waals surface area contributed by atoms with Crippen LogP contribution in [-0.2, 0) is 16.1 Å². The third-order valence-corrected chi connectivity index (χ3v) is 3.32. The molecule has 0 saturated heterocycles. The standard InChI is InChI=1S/C14H19NO3/c1-18-9-10-4-2-5-11(8-10)15-14(17)12-6-3-7-13(12)16/h2,4-5,8,12-13,16H,3,6-7,9H2,1H3,(H,15,17). The van der Waals surface area contributed by atoms with Crippen LogP contribution in [0.25, 0.3) is 0 Å². The van der Waals surface area contributed by atoms with Crippen molar-refractivity contribution in [3.63, 3.8) is 0 Å². The van der Waals surface area contributed by atoms with Crippen LogP contribution in [0.5, 0.6) is 0 Å². The summed E-state index contributed by atoms with van der Waals surface area (Å²) in [6.07, 6.45) is 1.92. The van der Waals surface area contributed by atoms with E-state index in [1.165, 1.54) is 0 Å². The average Bonchev–Trinajstić information content (AvgIpc) is 2.76. The molecular formula is C14H19NO3. The molecule has 98 valence electrons. The van der Waals surface area contributed by atoms with Crippen LogP contribution in [0.1, 0.15) is 24.8 Å². The smallest absolute Gasteiger partial charge is 0.230 e. The lowest BCUT2D eigenvalue weighted by atomic mass is 10.1. The summed E-state index contributed by atoms with van der Waals surface area (Å²) in [6, 6.07) is 7.57. The third kappa shape index (κ3) is 3.09. The van der Waals surface area contributed by atoms with Crippen LogP contribution < -0.4 is 5.32 Å². The van der Waals surface area contributed by atoms with Crippen LogP contribution in [-0.4, -0.2) is 24.2 Å². The second kappa shape index (κ2) is 5.98. The van der Waals surface area contributed by atoms with E-state index in [-0.39, 0.29) is 11.8 Å². The molecule has 2 rings (SSSR count). The molecule has 0 radical (unpaired) electrons. The van der Waals surface area contributed by atoms with Gasteiger partial charge in [-0.05, 0) is 37.0 Å². The largest absolute Gasteiger partial charge is 0.392 e. The Morgan fingerprint density at radius 2 is 2.33 bits per heavy atom. The maximum atomic E-state index is 12.0. The molecule has 18 heavy (non-hydrogen) atoms. The van der Waals surface area contributed by atoms with Gasteiger partial charge in [0.25, 0.3) is 0 Å². The number of hydrogen-bond donors (Lipinski definition) is 2. The van der Waals surface area contributed by atoms with Gasteiger partial charge in [0.2, 0.25) is 5.91 Å². The van der Waals surface area contributed by atoms with Crippen molar-refractivity contribution < 1.29 is 14.6 Å². The molecule has 0 bridgehead atoms. The fourth-order valence-corrected chi connectivity index (χ4v) is 2.39. The first kappa shape index (κ1) is 13.1.